The van der Waals surface area contributed by atoms with E-state index in [0.29, 0.717) is 6.04 Å². The van der Waals surface area contributed by atoms with Crippen LogP contribution in [0.25, 0.3) is 0 Å². The Morgan fingerprint density at radius 2 is 2.47 bits per heavy atom. The third-order valence-electron chi connectivity index (χ3n) is 2.96. The van der Waals surface area contributed by atoms with Gasteiger partial charge in [-0.25, -0.2) is 0 Å². The van der Waals surface area contributed by atoms with Gasteiger partial charge in [-0.05, 0) is 31.9 Å². The number of methoxy groups -OCH3 is 1. The fourth-order valence-electron chi connectivity index (χ4n) is 2.13. The fraction of sp³-hybridized carbons (Fsp3) is 0.583. The van der Waals surface area contributed by atoms with Gasteiger partial charge in [-0.3, -0.25) is 4.98 Å². The predicted octanol–water partition coefficient (Wildman–Crippen LogP) is 1.77. The lowest BCUT2D eigenvalue weighted by Crippen LogP contribution is -2.35. The minimum Gasteiger partial charge on any atom is -0.496 e. The summed E-state index contributed by atoms with van der Waals surface area (Å²) in [7, 11) is 1.72. The summed E-state index contributed by atoms with van der Waals surface area (Å²) in [5.41, 5.74) is 1.21. The van der Waals surface area contributed by atoms with Crippen molar-refractivity contribution in [2.45, 2.75) is 31.7 Å². The smallest absolute Gasteiger partial charge is 0.125 e. The van der Waals surface area contributed by atoms with Gasteiger partial charge in [0.2, 0.25) is 0 Å². The molecule has 15 heavy (non-hydrogen) atoms. The van der Waals surface area contributed by atoms with E-state index in [9.17, 15) is 0 Å². The lowest BCUT2D eigenvalue weighted by molar-refractivity contribution is 0.381. The first-order valence-corrected chi connectivity index (χ1v) is 5.60. The Balaban J connectivity index is 2.02. The summed E-state index contributed by atoms with van der Waals surface area (Å²) < 4.78 is 5.32. The Bertz CT molecular complexity index is 308. The van der Waals surface area contributed by atoms with Gasteiger partial charge in [-0.15, -0.1) is 0 Å². The summed E-state index contributed by atoms with van der Waals surface area (Å²) in [5.74, 6) is 0.956. The number of nitrogens with zero attached hydrogens (tertiary/aromatic N) is 1. The molecule has 3 heteroatoms. The summed E-state index contributed by atoms with van der Waals surface area (Å²) >= 11 is 0. The van der Waals surface area contributed by atoms with Crippen molar-refractivity contribution in [3.05, 3.63) is 24.0 Å². The molecule has 0 bridgehead atoms. The number of aromatic nitrogens is 1. The fourth-order valence-corrected chi connectivity index (χ4v) is 2.13. The van der Waals surface area contributed by atoms with Crippen molar-refractivity contribution in [2.75, 3.05) is 13.7 Å². The molecule has 2 rings (SSSR count). The van der Waals surface area contributed by atoms with Gasteiger partial charge < -0.3 is 10.1 Å². The van der Waals surface area contributed by atoms with Crippen LogP contribution in [-0.4, -0.2) is 24.7 Å². The van der Waals surface area contributed by atoms with Crippen LogP contribution in [0.1, 0.15) is 24.8 Å². The summed E-state index contributed by atoms with van der Waals surface area (Å²) in [6, 6.07) is 2.52. The lowest BCUT2D eigenvalue weighted by atomic mass is 9.98. The van der Waals surface area contributed by atoms with E-state index >= 15 is 0 Å². The Hall–Kier alpha value is -1.09. The normalized spacial score (nSPS) is 21.3. The van der Waals surface area contributed by atoms with E-state index in [1.807, 2.05) is 12.3 Å². The first-order chi connectivity index (χ1) is 7.40. The Kier molecular flexibility index (Phi) is 3.56. The van der Waals surface area contributed by atoms with E-state index in [0.717, 1.165) is 18.7 Å². The molecule has 1 N–H and O–H groups in total. The SMILES string of the molecule is COc1ccncc1CC1CCCCN1. The van der Waals surface area contributed by atoms with Gasteiger partial charge in [0.25, 0.3) is 0 Å². The van der Waals surface area contributed by atoms with Crippen LogP contribution < -0.4 is 10.1 Å². The maximum Gasteiger partial charge on any atom is 0.125 e. The first-order valence-electron chi connectivity index (χ1n) is 5.60. The number of rotatable bonds is 3. The van der Waals surface area contributed by atoms with Gasteiger partial charge in [-0.2, -0.15) is 0 Å². The largest absolute Gasteiger partial charge is 0.496 e. The molecule has 1 atom stereocenters. The van der Waals surface area contributed by atoms with Crippen molar-refractivity contribution in [1.29, 1.82) is 0 Å². The highest BCUT2D eigenvalue weighted by Crippen LogP contribution is 2.20. The van der Waals surface area contributed by atoms with Crippen molar-refractivity contribution in [1.82, 2.24) is 10.3 Å². The zero-order chi connectivity index (χ0) is 10.5. The minimum absolute atomic E-state index is 0.594. The quantitative estimate of drug-likeness (QED) is 0.818. The molecule has 0 saturated carbocycles. The Morgan fingerprint density at radius 1 is 1.53 bits per heavy atom. The highest BCUT2D eigenvalue weighted by Gasteiger charge is 2.14. The van der Waals surface area contributed by atoms with Crippen molar-refractivity contribution in [3.8, 4) is 5.75 Å². The van der Waals surface area contributed by atoms with E-state index < -0.39 is 0 Å². The number of hydrogen-bond donors (Lipinski definition) is 1. The molecule has 1 unspecified atom stereocenters. The molecule has 1 fully saturated rings. The molecule has 0 aliphatic carbocycles. The van der Waals surface area contributed by atoms with Crippen LogP contribution >= 0.6 is 0 Å². The maximum absolute atomic E-state index is 5.32. The second-order valence-corrected chi connectivity index (χ2v) is 4.04. The standard InChI is InChI=1S/C12H18N2O/c1-15-12-5-7-13-9-10(12)8-11-4-2-3-6-14-11/h5,7,9,11,14H,2-4,6,8H2,1H3. The van der Waals surface area contributed by atoms with E-state index in [2.05, 4.69) is 10.3 Å². The van der Waals surface area contributed by atoms with Gasteiger partial charge in [0.15, 0.2) is 0 Å². The molecule has 1 saturated heterocycles. The topological polar surface area (TPSA) is 34.1 Å². The number of nitrogens with one attached hydrogen (secondary N) is 1. The van der Waals surface area contributed by atoms with Gasteiger partial charge in [0, 0.05) is 24.0 Å². The van der Waals surface area contributed by atoms with E-state index in [1.54, 1.807) is 13.3 Å². The highest BCUT2D eigenvalue weighted by atomic mass is 16.5. The second kappa shape index (κ2) is 5.12. The van der Waals surface area contributed by atoms with Crippen molar-refractivity contribution in [2.24, 2.45) is 0 Å². The molecular weight excluding hydrogens is 188 g/mol. The Labute approximate surface area is 90.9 Å². The number of pyridine rings is 1. The van der Waals surface area contributed by atoms with E-state index in [-0.39, 0.29) is 0 Å². The van der Waals surface area contributed by atoms with Gasteiger partial charge in [0.05, 0.1) is 7.11 Å². The summed E-state index contributed by atoms with van der Waals surface area (Å²) in [6.45, 7) is 1.15. The molecule has 0 amide bonds. The van der Waals surface area contributed by atoms with Crippen LogP contribution in [-0.2, 0) is 6.42 Å². The number of ether oxygens (including phenoxy) is 1. The first kappa shape index (κ1) is 10.4. The average molecular weight is 206 g/mol. The van der Waals surface area contributed by atoms with Gasteiger partial charge in [0.1, 0.15) is 5.75 Å². The third kappa shape index (κ3) is 2.69. The summed E-state index contributed by atoms with van der Waals surface area (Å²) in [6.07, 6.45) is 8.61. The molecule has 3 nitrogen and oxygen atoms in total. The van der Waals surface area contributed by atoms with Crippen LogP contribution in [0.4, 0.5) is 0 Å². The van der Waals surface area contributed by atoms with Crippen LogP contribution in [0, 0.1) is 0 Å². The molecule has 0 aromatic carbocycles. The predicted molar refractivity (Wildman–Crippen MR) is 60.1 cm³/mol. The summed E-state index contributed by atoms with van der Waals surface area (Å²) in [5, 5.41) is 3.54. The number of piperidine rings is 1. The third-order valence-corrected chi connectivity index (χ3v) is 2.96. The molecule has 1 aliphatic heterocycles. The van der Waals surface area contributed by atoms with Crippen LogP contribution in [0.15, 0.2) is 18.5 Å². The molecule has 0 radical (unpaired) electrons. The van der Waals surface area contributed by atoms with Crippen LogP contribution in [0.3, 0.4) is 0 Å². The molecule has 1 aliphatic rings. The molecule has 1 aromatic heterocycles. The number of hydrogen-bond acceptors (Lipinski definition) is 3. The monoisotopic (exact) mass is 206 g/mol. The Morgan fingerprint density at radius 3 is 3.20 bits per heavy atom. The van der Waals surface area contributed by atoms with E-state index in [1.165, 1.54) is 24.8 Å². The van der Waals surface area contributed by atoms with Crippen LogP contribution in [0.5, 0.6) is 5.75 Å². The minimum atomic E-state index is 0.594. The average Bonchev–Trinajstić information content (AvgIpc) is 2.31. The van der Waals surface area contributed by atoms with Crippen molar-refractivity contribution in [3.63, 3.8) is 0 Å². The van der Waals surface area contributed by atoms with Gasteiger partial charge in [-0.1, -0.05) is 6.42 Å². The molecule has 82 valence electrons. The van der Waals surface area contributed by atoms with Gasteiger partial charge >= 0.3 is 0 Å². The summed E-state index contributed by atoms with van der Waals surface area (Å²) in [4.78, 5) is 4.15. The highest BCUT2D eigenvalue weighted by molar-refractivity contribution is 5.30. The van der Waals surface area contributed by atoms with Crippen molar-refractivity contribution < 1.29 is 4.74 Å². The van der Waals surface area contributed by atoms with E-state index in [4.69, 9.17) is 4.74 Å². The maximum atomic E-state index is 5.32. The molecule has 0 spiro atoms. The zero-order valence-electron chi connectivity index (χ0n) is 9.20. The molecule has 1 aromatic rings. The second-order valence-electron chi connectivity index (χ2n) is 4.04. The van der Waals surface area contributed by atoms with Crippen LogP contribution in [0.2, 0.25) is 0 Å². The lowest BCUT2D eigenvalue weighted by Gasteiger charge is -2.23. The zero-order valence-corrected chi connectivity index (χ0v) is 9.20. The molecule has 2 heterocycles. The molecular formula is C12H18N2O. The van der Waals surface area contributed by atoms with Crippen molar-refractivity contribution >= 4 is 0 Å².